The molecule has 0 aliphatic carbocycles. The Morgan fingerprint density at radius 2 is 2.21 bits per heavy atom. The number of hydrogen-bond donors (Lipinski definition) is 2. The molecule has 1 unspecified atom stereocenters. The minimum Gasteiger partial charge on any atom is -0.271 e. The molecule has 0 fully saturated rings. The summed E-state index contributed by atoms with van der Waals surface area (Å²) in [6.45, 7) is 3.93. The third-order valence-corrected chi connectivity index (χ3v) is 4.85. The number of halogens is 2. The topological polar surface area (TPSA) is 50.9 Å². The molecule has 0 radical (unpaired) electrons. The summed E-state index contributed by atoms with van der Waals surface area (Å²) in [5.41, 5.74) is 4.65. The van der Waals surface area contributed by atoms with Crippen LogP contribution in [0.5, 0.6) is 0 Å². The Kier molecular flexibility index (Phi) is 4.67. The Hall–Kier alpha value is -0.820. The molecule has 0 saturated carbocycles. The number of benzene rings is 1. The molecular formula is C13H15BrFN3S. The van der Waals surface area contributed by atoms with Crippen LogP contribution in [0.25, 0.3) is 0 Å². The van der Waals surface area contributed by atoms with Crippen LogP contribution >= 0.6 is 27.3 Å². The lowest BCUT2D eigenvalue weighted by Crippen LogP contribution is -2.29. The minimum absolute atomic E-state index is 0.0655. The van der Waals surface area contributed by atoms with Crippen molar-refractivity contribution >= 4 is 27.3 Å². The monoisotopic (exact) mass is 343 g/mol. The summed E-state index contributed by atoms with van der Waals surface area (Å²) in [5, 5.41) is 1.01. The quantitative estimate of drug-likeness (QED) is 0.660. The van der Waals surface area contributed by atoms with Gasteiger partial charge in [-0.2, -0.15) is 0 Å². The molecule has 1 aromatic heterocycles. The van der Waals surface area contributed by atoms with Crippen LogP contribution in [-0.4, -0.2) is 4.98 Å². The van der Waals surface area contributed by atoms with E-state index in [9.17, 15) is 4.39 Å². The van der Waals surface area contributed by atoms with Gasteiger partial charge in [0.2, 0.25) is 0 Å². The maximum absolute atomic E-state index is 13.3. The van der Waals surface area contributed by atoms with Crippen molar-refractivity contribution in [3.63, 3.8) is 0 Å². The molecule has 0 aliphatic rings. The van der Waals surface area contributed by atoms with Gasteiger partial charge >= 0.3 is 0 Å². The fourth-order valence-electron chi connectivity index (χ4n) is 2.02. The van der Waals surface area contributed by atoms with Crippen molar-refractivity contribution < 1.29 is 4.39 Å². The van der Waals surface area contributed by atoms with Crippen LogP contribution in [0.4, 0.5) is 4.39 Å². The van der Waals surface area contributed by atoms with Crippen molar-refractivity contribution in [2.75, 3.05) is 0 Å². The van der Waals surface area contributed by atoms with Crippen LogP contribution in [-0.2, 0) is 6.42 Å². The van der Waals surface area contributed by atoms with Gasteiger partial charge in [-0.3, -0.25) is 11.3 Å². The lowest BCUT2D eigenvalue weighted by atomic mass is 10.0. The van der Waals surface area contributed by atoms with Gasteiger partial charge in [-0.1, -0.05) is 15.9 Å². The second-order valence-electron chi connectivity index (χ2n) is 4.34. The lowest BCUT2D eigenvalue weighted by molar-refractivity contribution is 0.552. The molecule has 0 spiro atoms. The van der Waals surface area contributed by atoms with E-state index in [-0.39, 0.29) is 11.9 Å². The molecule has 2 rings (SSSR count). The zero-order chi connectivity index (χ0) is 14.0. The predicted molar refractivity (Wildman–Crippen MR) is 79.5 cm³/mol. The van der Waals surface area contributed by atoms with E-state index in [2.05, 4.69) is 26.3 Å². The van der Waals surface area contributed by atoms with E-state index >= 15 is 0 Å². The van der Waals surface area contributed by atoms with Crippen LogP contribution in [0.2, 0.25) is 0 Å². The van der Waals surface area contributed by atoms with Crippen molar-refractivity contribution in [3.05, 3.63) is 49.6 Å². The molecule has 1 aromatic carbocycles. The molecule has 19 heavy (non-hydrogen) atoms. The average Bonchev–Trinajstić information content (AvgIpc) is 2.69. The smallest absolute Gasteiger partial charge is 0.123 e. The van der Waals surface area contributed by atoms with Gasteiger partial charge in [-0.05, 0) is 44.0 Å². The number of nitrogens with two attached hydrogens (primary N) is 1. The standard InChI is InChI=1S/C13H15BrFN3S/c1-7-13(19-8(2)17-7)12(18-16)6-9-5-10(15)3-4-11(9)14/h3-5,12,18H,6,16H2,1-2H3. The zero-order valence-corrected chi connectivity index (χ0v) is 13.1. The zero-order valence-electron chi connectivity index (χ0n) is 10.7. The highest BCUT2D eigenvalue weighted by Crippen LogP contribution is 2.29. The van der Waals surface area contributed by atoms with Gasteiger partial charge in [0.05, 0.1) is 16.7 Å². The fraction of sp³-hybridized carbons (Fsp3) is 0.308. The molecular weight excluding hydrogens is 329 g/mol. The highest BCUT2D eigenvalue weighted by atomic mass is 79.9. The second-order valence-corrected chi connectivity index (χ2v) is 6.43. The first-order chi connectivity index (χ1) is 9.01. The molecule has 1 atom stereocenters. The van der Waals surface area contributed by atoms with Crippen molar-refractivity contribution in [2.24, 2.45) is 5.84 Å². The van der Waals surface area contributed by atoms with Crippen LogP contribution in [0.1, 0.15) is 27.2 Å². The normalized spacial score (nSPS) is 12.7. The highest BCUT2D eigenvalue weighted by Gasteiger charge is 2.18. The Labute approximate surface area is 124 Å². The van der Waals surface area contributed by atoms with Crippen molar-refractivity contribution in [1.82, 2.24) is 10.4 Å². The van der Waals surface area contributed by atoms with Gasteiger partial charge < -0.3 is 0 Å². The first-order valence-electron chi connectivity index (χ1n) is 5.85. The Morgan fingerprint density at radius 1 is 1.47 bits per heavy atom. The molecule has 0 amide bonds. The van der Waals surface area contributed by atoms with E-state index in [4.69, 9.17) is 5.84 Å². The van der Waals surface area contributed by atoms with Gasteiger partial charge in [-0.15, -0.1) is 11.3 Å². The average molecular weight is 344 g/mol. The summed E-state index contributed by atoms with van der Waals surface area (Å²) in [4.78, 5) is 5.49. The first-order valence-corrected chi connectivity index (χ1v) is 7.46. The number of nitrogens with one attached hydrogen (secondary N) is 1. The third-order valence-electron chi connectivity index (χ3n) is 2.89. The summed E-state index contributed by atoms with van der Waals surface area (Å²) < 4.78 is 14.2. The Morgan fingerprint density at radius 3 is 2.79 bits per heavy atom. The minimum atomic E-state index is -0.244. The molecule has 0 aliphatic heterocycles. The number of aryl methyl sites for hydroxylation is 2. The summed E-state index contributed by atoms with van der Waals surface area (Å²) in [5.74, 6) is 5.39. The SMILES string of the molecule is Cc1nc(C)c(C(Cc2cc(F)ccc2Br)NN)s1. The van der Waals surface area contributed by atoms with Crippen LogP contribution in [0, 0.1) is 19.7 Å². The van der Waals surface area contributed by atoms with Crippen molar-refractivity contribution in [3.8, 4) is 0 Å². The number of thiazole rings is 1. The molecule has 0 bridgehead atoms. The first kappa shape index (κ1) is 14.6. The molecule has 3 N–H and O–H groups in total. The van der Waals surface area contributed by atoms with Crippen LogP contribution in [0.15, 0.2) is 22.7 Å². The number of nitrogens with zero attached hydrogens (tertiary/aromatic N) is 1. The van der Waals surface area contributed by atoms with E-state index in [0.29, 0.717) is 6.42 Å². The highest BCUT2D eigenvalue weighted by molar-refractivity contribution is 9.10. The maximum atomic E-state index is 13.3. The maximum Gasteiger partial charge on any atom is 0.123 e. The Bertz CT molecular complexity index is 585. The van der Waals surface area contributed by atoms with Crippen molar-refractivity contribution in [1.29, 1.82) is 0 Å². The largest absolute Gasteiger partial charge is 0.271 e. The van der Waals surface area contributed by atoms with E-state index in [1.54, 1.807) is 17.4 Å². The molecule has 3 nitrogen and oxygen atoms in total. The van der Waals surface area contributed by atoms with E-state index in [0.717, 1.165) is 25.6 Å². The molecule has 1 heterocycles. The second kappa shape index (κ2) is 6.09. The lowest BCUT2D eigenvalue weighted by Gasteiger charge is -2.16. The van der Waals surface area contributed by atoms with E-state index in [1.165, 1.54) is 12.1 Å². The number of hydrogen-bond acceptors (Lipinski definition) is 4. The van der Waals surface area contributed by atoms with Gasteiger partial charge in [0.1, 0.15) is 5.82 Å². The van der Waals surface area contributed by atoms with Gasteiger partial charge in [0.15, 0.2) is 0 Å². The third kappa shape index (κ3) is 3.39. The number of rotatable bonds is 4. The molecule has 102 valence electrons. The van der Waals surface area contributed by atoms with Crippen LogP contribution in [0.3, 0.4) is 0 Å². The van der Waals surface area contributed by atoms with Gasteiger partial charge in [0, 0.05) is 9.35 Å². The van der Waals surface area contributed by atoms with Crippen molar-refractivity contribution in [2.45, 2.75) is 26.3 Å². The number of aromatic nitrogens is 1. The molecule has 2 aromatic rings. The fourth-order valence-corrected chi connectivity index (χ4v) is 3.41. The number of hydrazine groups is 1. The molecule has 6 heteroatoms. The van der Waals surface area contributed by atoms with Gasteiger partial charge in [-0.25, -0.2) is 9.37 Å². The summed E-state index contributed by atoms with van der Waals surface area (Å²) >= 11 is 5.05. The summed E-state index contributed by atoms with van der Waals surface area (Å²) in [7, 11) is 0. The molecule has 0 saturated heterocycles. The Balaban J connectivity index is 2.29. The predicted octanol–water partition coefficient (Wildman–Crippen LogP) is 3.41. The van der Waals surface area contributed by atoms with E-state index in [1.807, 2.05) is 13.8 Å². The summed E-state index contributed by atoms with van der Waals surface area (Å²) in [6, 6.07) is 4.60. The van der Waals surface area contributed by atoms with Gasteiger partial charge in [0.25, 0.3) is 0 Å². The van der Waals surface area contributed by atoms with E-state index < -0.39 is 0 Å². The summed E-state index contributed by atoms with van der Waals surface area (Å²) in [6.07, 6.45) is 0.608. The van der Waals surface area contributed by atoms with Crippen LogP contribution < -0.4 is 11.3 Å².